The fourth-order valence-electron chi connectivity index (χ4n) is 0. The normalized spacial score (nSPS) is 1.33. The second kappa shape index (κ2) is 744. The van der Waals surface area contributed by atoms with Crippen LogP contribution >= 0.6 is 0 Å². The van der Waals surface area contributed by atoms with Crippen LogP contribution in [-0.2, 0) is 24.0 Å². The van der Waals surface area contributed by atoms with Crippen LogP contribution in [0.15, 0.2) is 63.3 Å². The fourth-order valence-corrected chi connectivity index (χ4v) is 0. The summed E-state index contributed by atoms with van der Waals surface area (Å²) in [6, 6.07) is 0. The Labute approximate surface area is 2840 Å². The Hall–Kier alpha value is 91.0. The Morgan fingerprint density at radius 3 is 0.100 bits per heavy atom. The molecule has 0 saturated carbocycles. The van der Waals surface area contributed by atoms with Crippen LogP contribution in [0.3, 0.4) is 0 Å². The van der Waals surface area contributed by atoms with Crippen molar-refractivity contribution in [3.63, 3.8) is 0 Å². The van der Waals surface area contributed by atoms with Crippen LogP contribution in [0.4, 0.5) is 0 Å². The molecule has 120 heavy (non-hydrogen) atoms. The van der Waals surface area contributed by atoms with Crippen LogP contribution in [0.2, 0.25) is 0 Å². The van der Waals surface area contributed by atoms with Crippen molar-refractivity contribution >= 4 is 29.8 Å². The summed E-state index contributed by atoms with van der Waals surface area (Å²) in [4.78, 5) is 46.2. The van der Waals surface area contributed by atoms with Gasteiger partial charge in [0.15, 0.2) is 0 Å². The van der Waals surface area contributed by atoms with Crippen LogP contribution in [0.5, 0.6) is 0 Å². The van der Waals surface area contributed by atoms with Gasteiger partial charge in [-0.1, -0.05) is 32.9 Å². The zero-order chi connectivity index (χ0) is 21.4. The SMILES string of the molecule is C=CC(=O)O.C=CC(=O)O.C=CC(=O)O.C=CC(=O)O.C=CC(=O)O.[Na+].[Na+].[Na+].[Na+].[Na+].[Na+].[Na+].[Na+].[Na+].[Na+].[Na+].[Na+].[Na+].[Na+].[Na+].[Na+].[Na+].[Na+].[Na+].[Na+].[Na+].[Na+].[Na+].[Na+].[Na+].[Na+].[Na+].[Na+].[Na+].[Na+].[Na+].[Na+].[Na+].[Na+].[Na+].[Na+].[Na+].[Na+].[Na+].[Na+].[Na+].[Na+].[Na+].[Na+].[Na+].[Na+].[Na+].[Na+].[Na+].[Na+].[Na+].[Na+].[Na+].[Na+].[Na+].[Na+].[Na+].[Na+].[Na+].[Na+].[Na+].[Na+].[Na+].[Na+].[Na+].[Na+].[Na+].[Na+].[Na+].[Na+].[Na+].[Na+].[Na+].[Na+].[Na+].[Na+].[Na+].[Na+].[Na+].[Na+].[Na+].[Na+].[Na+].[Na+].[Na+].[Na+].[Na+].[Na+].[Na+].[Na+].[Na+].[Na+].[Na+].[Na+].[Na+]. The third kappa shape index (κ3) is 886. The Kier molecular flexibility index (Phi) is 4680. The van der Waals surface area contributed by atoms with Crippen molar-refractivity contribution < 1.29 is 2860 Å². The molecule has 10 nitrogen and oxygen atoms in total. The number of carboxylic acid groups (broad SMARTS) is 5. The largest absolute Gasteiger partial charge is 1.00 e. The van der Waals surface area contributed by atoms with Gasteiger partial charge in [0.2, 0.25) is 0 Å². The molecule has 0 aromatic rings. The first kappa shape index (κ1) is 755. The van der Waals surface area contributed by atoms with E-state index in [0.29, 0.717) is 0 Å². The number of carbonyl (C=O) groups is 5. The van der Waals surface area contributed by atoms with Gasteiger partial charge >= 0.3 is 2840 Å². The van der Waals surface area contributed by atoms with E-state index in [0.717, 1.165) is 30.4 Å². The molecular weight excluding hydrogens is 2520 g/mol. The molecule has 0 aromatic carbocycles. The molecule has 0 amide bonds. The average Bonchev–Trinajstić information content (AvgIpc) is 2.56. The van der Waals surface area contributed by atoms with Crippen LogP contribution in [0, 0.1) is 0 Å². The van der Waals surface area contributed by atoms with Crippen molar-refractivity contribution in [2.75, 3.05) is 0 Å². The van der Waals surface area contributed by atoms with E-state index in [1.54, 1.807) is 0 Å². The minimum atomic E-state index is -0.981. The van der Waals surface area contributed by atoms with Gasteiger partial charge in [-0.2, -0.15) is 0 Å². The van der Waals surface area contributed by atoms with Gasteiger partial charge < -0.3 is 25.5 Å². The molecule has 0 aromatic heterocycles. The average molecular weight is 2540 g/mol. The molecule has 0 aliphatic carbocycles. The first-order valence-electron chi connectivity index (χ1n) is 5.62. The maximum atomic E-state index is 9.25. The molecule has 140 valence electrons. The summed E-state index contributed by atoms with van der Waals surface area (Å²) < 4.78 is 0. The first-order valence-corrected chi connectivity index (χ1v) is 5.62. The molecule has 0 rings (SSSR count). The topological polar surface area (TPSA) is 186 Å². The van der Waals surface area contributed by atoms with Gasteiger partial charge in [-0.3, -0.25) is 0 Å². The molecule has 5 N–H and O–H groups in total. The van der Waals surface area contributed by atoms with Gasteiger partial charge in [0.25, 0.3) is 0 Å². The smallest absolute Gasteiger partial charge is 0.478 e. The molecular formula is C15H20Na95O10+95. The summed E-state index contributed by atoms with van der Waals surface area (Å²) in [5.74, 6) is -4.91. The first-order chi connectivity index (χ1) is 11.4. The van der Waals surface area contributed by atoms with E-state index < -0.39 is 29.8 Å². The van der Waals surface area contributed by atoms with E-state index >= 15 is 0 Å². The third-order valence-corrected chi connectivity index (χ3v) is 0.873. The number of hydrogen-bond donors (Lipinski definition) is 5. The van der Waals surface area contributed by atoms with E-state index in [4.69, 9.17) is 25.5 Å². The van der Waals surface area contributed by atoms with E-state index in [2.05, 4.69) is 32.9 Å². The summed E-state index contributed by atoms with van der Waals surface area (Å²) in [6.45, 7) is 14.8. The number of hydrogen-bond acceptors (Lipinski definition) is 5. The minimum absolute atomic E-state index is 0. The van der Waals surface area contributed by atoms with E-state index in [1.165, 1.54) is 0 Å². The molecule has 0 bridgehead atoms. The van der Waals surface area contributed by atoms with E-state index in [9.17, 15) is 24.0 Å². The molecule has 0 heterocycles. The molecule has 0 radical (unpaired) electrons. The third-order valence-electron chi connectivity index (χ3n) is 0.873. The second-order valence-corrected chi connectivity index (χ2v) is 2.71. The number of carboxylic acids is 5. The Balaban J connectivity index is -0.000000000355. The monoisotopic (exact) mass is 2540 g/mol. The van der Waals surface area contributed by atoms with Crippen molar-refractivity contribution in [2.24, 2.45) is 0 Å². The van der Waals surface area contributed by atoms with Crippen molar-refractivity contribution in [3.05, 3.63) is 63.3 Å². The van der Waals surface area contributed by atoms with Crippen LogP contribution in [-0.4, -0.2) is 55.4 Å². The van der Waals surface area contributed by atoms with Crippen LogP contribution in [0.1, 0.15) is 0 Å². The summed E-state index contributed by atoms with van der Waals surface area (Å²) in [6.07, 6.45) is 4.17. The standard InChI is InChI=1S/5C3H4O2.95Na/c5*1-2-3(4)5;;;;;;;;;;;;;;;;;;;;;;;;;;;;;;;;;;;;;;;;;;;;;;;;;;;;;;;;;;;;;;;;;;;;;;;;;;;;;;;;;;;;;;;;;;;;;;;/h5*2H,1H2,(H,4,5);;;;;;;;;;;;;;;;;;;;;;;;;;;;;;;;;;;;;;;;;;;;;;;;;;;;;;;;;;;;;;;;;;;;;;;;;;;;;;;;;;;;;;;;;;;;;;;/q;;;;;95*+1. The Morgan fingerprint density at radius 2 is 0.100 bits per heavy atom. The second-order valence-electron chi connectivity index (χ2n) is 2.71. The summed E-state index contributed by atoms with van der Waals surface area (Å²) in [5, 5.41) is 38.0. The van der Waals surface area contributed by atoms with Gasteiger partial charge in [-0.25, -0.2) is 24.0 Å². The fraction of sp³-hybridized carbons (Fsp3) is 0. The predicted molar refractivity (Wildman–Crippen MR) is 89.2 cm³/mol. The molecule has 0 atom stereocenters. The van der Waals surface area contributed by atoms with Gasteiger partial charge in [-0.15, -0.1) is 0 Å². The van der Waals surface area contributed by atoms with E-state index in [1.807, 2.05) is 0 Å². The maximum Gasteiger partial charge on any atom is 1.00 e. The Morgan fingerprint density at radius 1 is 0.0917 bits per heavy atom. The predicted octanol–water partition coefficient (Wildman–Crippen LogP) is -283. The number of rotatable bonds is 5. The summed E-state index contributed by atoms with van der Waals surface area (Å²) in [5.41, 5.74) is 0. The molecule has 0 saturated heterocycles. The van der Waals surface area contributed by atoms with Crippen LogP contribution in [0.25, 0.3) is 0 Å². The summed E-state index contributed by atoms with van der Waals surface area (Å²) >= 11 is 0. The molecule has 0 spiro atoms. The van der Waals surface area contributed by atoms with Crippen LogP contribution < -0.4 is 2810 Å². The van der Waals surface area contributed by atoms with Crippen molar-refractivity contribution in [2.45, 2.75) is 0 Å². The molecule has 0 aliphatic heterocycles. The molecule has 0 fully saturated rings. The van der Waals surface area contributed by atoms with Gasteiger partial charge in [0.1, 0.15) is 0 Å². The van der Waals surface area contributed by atoms with Gasteiger partial charge in [0.05, 0.1) is 0 Å². The maximum absolute atomic E-state index is 9.25. The van der Waals surface area contributed by atoms with Gasteiger partial charge in [0, 0.05) is 30.4 Å². The Bertz CT molecular complexity index is 473. The minimum Gasteiger partial charge on any atom is -0.478 e. The van der Waals surface area contributed by atoms with Crippen molar-refractivity contribution in [3.8, 4) is 0 Å². The zero-order valence-corrected chi connectivity index (χ0v) is 298. The quantitative estimate of drug-likeness (QED) is 0.131. The molecule has 0 aliphatic rings. The van der Waals surface area contributed by atoms with Crippen molar-refractivity contribution in [1.82, 2.24) is 0 Å². The molecule has 0 unspecified atom stereocenters. The molecule has 105 heteroatoms. The van der Waals surface area contributed by atoms with E-state index in [-0.39, 0.29) is 2810 Å². The zero-order valence-electron chi connectivity index (χ0n) is 108. The number of aliphatic carboxylic acids is 5. The van der Waals surface area contributed by atoms with Crippen molar-refractivity contribution in [1.29, 1.82) is 0 Å². The van der Waals surface area contributed by atoms with Gasteiger partial charge in [-0.05, 0) is 0 Å². The summed E-state index contributed by atoms with van der Waals surface area (Å²) in [7, 11) is 0.